The van der Waals surface area contributed by atoms with Gasteiger partial charge in [0.15, 0.2) is 0 Å². The van der Waals surface area contributed by atoms with Gasteiger partial charge in [0.2, 0.25) is 5.91 Å². The van der Waals surface area contributed by atoms with Gasteiger partial charge in [-0.25, -0.2) is 0 Å². The molecular formula is C16H29NO3. The van der Waals surface area contributed by atoms with Crippen LogP contribution < -0.4 is 0 Å². The number of hydrogen-bond acceptors (Lipinski definition) is 3. The minimum absolute atomic E-state index is 0.163. The lowest BCUT2D eigenvalue weighted by molar-refractivity contribution is -0.142. The number of methoxy groups -OCH3 is 1. The van der Waals surface area contributed by atoms with Gasteiger partial charge in [0.05, 0.1) is 13.5 Å². The molecule has 0 aliphatic heterocycles. The third-order valence-electron chi connectivity index (χ3n) is 4.42. The molecule has 0 bridgehead atoms. The van der Waals surface area contributed by atoms with Crippen LogP contribution in [0.5, 0.6) is 0 Å². The van der Waals surface area contributed by atoms with Gasteiger partial charge < -0.3 is 9.64 Å². The summed E-state index contributed by atoms with van der Waals surface area (Å²) < 4.78 is 4.60. The molecule has 0 unspecified atom stereocenters. The summed E-state index contributed by atoms with van der Waals surface area (Å²) in [7, 11) is 3.16. The Labute approximate surface area is 122 Å². The van der Waals surface area contributed by atoms with Crippen molar-refractivity contribution in [2.45, 2.75) is 58.3 Å². The maximum Gasteiger partial charge on any atom is 0.307 e. The zero-order chi connectivity index (χ0) is 15.0. The van der Waals surface area contributed by atoms with E-state index < -0.39 is 0 Å². The molecule has 20 heavy (non-hydrogen) atoms. The van der Waals surface area contributed by atoms with Crippen molar-refractivity contribution in [1.82, 2.24) is 4.90 Å². The van der Waals surface area contributed by atoms with Crippen molar-refractivity contribution in [1.29, 1.82) is 0 Å². The molecule has 1 rings (SSSR count). The lowest BCUT2D eigenvalue weighted by Crippen LogP contribution is -2.36. The summed E-state index contributed by atoms with van der Waals surface area (Å²) in [6, 6.07) is 0. The van der Waals surface area contributed by atoms with Crippen LogP contribution in [0.4, 0.5) is 0 Å². The van der Waals surface area contributed by atoms with Gasteiger partial charge in [-0.05, 0) is 31.6 Å². The number of hydrogen-bond donors (Lipinski definition) is 0. The Kier molecular flexibility index (Phi) is 7.63. The maximum absolute atomic E-state index is 12.3. The maximum atomic E-state index is 12.3. The highest BCUT2D eigenvalue weighted by Gasteiger charge is 2.27. The molecule has 0 saturated heterocycles. The lowest BCUT2D eigenvalue weighted by atomic mass is 9.79. The summed E-state index contributed by atoms with van der Waals surface area (Å²) in [5.74, 6) is 0.922. The first-order valence-electron chi connectivity index (χ1n) is 7.90. The van der Waals surface area contributed by atoms with E-state index in [0.717, 1.165) is 18.8 Å². The van der Waals surface area contributed by atoms with Crippen LogP contribution in [-0.2, 0) is 14.3 Å². The Balaban J connectivity index is 2.29. The van der Waals surface area contributed by atoms with Gasteiger partial charge in [-0.1, -0.05) is 26.2 Å². The van der Waals surface area contributed by atoms with Crippen molar-refractivity contribution in [2.24, 2.45) is 11.8 Å². The average molecular weight is 283 g/mol. The number of esters is 1. The number of ether oxygens (including phenoxy) is 1. The van der Waals surface area contributed by atoms with E-state index in [1.807, 2.05) is 0 Å². The number of nitrogens with zero attached hydrogens (tertiary/aromatic N) is 1. The summed E-state index contributed by atoms with van der Waals surface area (Å²) >= 11 is 0. The normalized spacial score (nSPS) is 22.4. The van der Waals surface area contributed by atoms with Crippen molar-refractivity contribution in [3.8, 4) is 0 Å². The van der Waals surface area contributed by atoms with Crippen molar-refractivity contribution >= 4 is 11.9 Å². The molecular weight excluding hydrogens is 254 g/mol. The second-order valence-corrected chi connectivity index (χ2v) is 5.95. The van der Waals surface area contributed by atoms with Crippen LogP contribution in [0.15, 0.2) is 0 Å². The van der Waals surface area contributed by atoms with E-state index in [1.165, 1.54) is 39.2 Å². The van der Waals surface area contributed by atoms with E-state index >= 15 is 0 Å². The van der Waals surface area contributed by atoms with Gasteiger partial charge in [-0.15, -0.1) is 0 Å². The fraction of sp³-hybridized carbons (Fsp3) is 0.875. The molecule has 1 aliphatic rings. The first-order valence-corrected chi connectivity index (χ1v) is 7.90. The molecule has 1 amide bonds. The van der Waals surface area contributed by atoms with E-state index in [4.69, 9.17) is 0 Å². The molecule has 0 radical (unpaired) electrons. The highest BCUT2D eigenvalue weighted by Crippen LogP contribution is 2.32. The molecule has 0 aromatic carbocycles. The average Bonchev–Trinajstić information content (AvgIpc) is 2.49. The van der Waals surface area contributed by atoms with Crippen LogP contribution in [0.25, 0.3) is 0 Å². The largest absolute Gasteiger partial charge is 0.469 e. The van der Waals surface area contributed by atoms with Gasteiger partial charge in [0, 0.05) is 19.5 Å². The third-order valence-corrected chi connectivity index (χ3v) is 4.42. The molecule has 4 heteroatoms. The van der Waals surface area contributed by atoms with Crippen molar-refractivity contribution in [2.75, 3.05) is 20.7 Å². The number of unbranched alkanes of at least 4 members (excludes halogenated alkanes) is 1. The standard InChI is InChI=1S/C16H29NO3/c1-4-5-6-13-7-9-14(10-8-13)16(19)17(2)12-11-15(18)20-3/h13-14H,4-12H2,1-3H3. The summed E-state index contributed by atoms with van der Waals surface area (Å²) in [5, 5.41) is 0. The van der Waals surface area contributed by atoms with E-state index in [0.29, 0.717) is 6.54 Å². The van der Waals surface area contributed by atoms with Crippen LogP contribution in [0.1, 0.15) is 58.3 Å². The zero-order valence-corrected chi connectivity index (χ0v) is 13.2. The first kappa shape index (κ1) is 17.0. The highest BCUT2D eigenvalue weighted by molar-refractivity contribution is 5.79. The zero-order valence-electron chi connectivity index (χ0n) is 13.2. The second-order valence-electron chi connectivity index (χ2n) is 5.95. The van der Waals surface area contributed by atoms with Gasteiger partial charge in [-0.3, -0.25) is 9.59 Å². The SMILES string of the molecule is CCCCC1CCC(C(=O)N(C)CCC(=O)OC)CC1. The van der Waals surface area contributed by atoms with E-state index in [-0.39, 0.29) is 24.2 Å². The number of carbonyl (C=O) groups is 2. The fourth-order valence-electron chi connectivity index (χ4n) is 2.97. The predicted octanol–water partition coefficient (Wildman–Crippen LogP) is 3.00. The lowest BCUT2D eigenvalue weighted by Gasteiger charge is -2.30. The Morgan fingerprint density at radius 2 is 1.85 bits per heavy atom. The summed E-state index contributed by atoms with van der Waals surface area (Å²) in [6.07, 6.45) is 8.55. The fourth-order valence-corrected chi connectivity index (χ4v) is 2.97. The molecule has 1 aliphatic carbocycles. The minimum Gasteiger partial charge on any atom is -0.469 e. The molecule has 0 aromatic heterocycles. The second kappa shape index (κ2) is 8.98. The monoisotopic (exact) mass is 283 g/mol. The van der Waals surface area contributed by atoms with E-state index in [9.17, 15) is 9.59 Å². The first-order chi connectivity index (χ1) is 9.58. The van der Waals surface area contributed by atoms with Crippen LogP contribution in [0.2, 0.25) is 0 Å². The molecule has 0 atom stereocenters. The molecule has 0 aromatic rings. The van der Waals surface area contributed by atoms with Crippen LogP contribution >= 0.6 is 0 Å². The van der Waals surface area contributed by atoms with Crippen molar-refractivity contribution in [3.05, 3.63) is 0 Å². The molecule has 0 heterocycles. The molecule has 1 saturated carbocycles. The Hall–Kier alpha value is -1.06. The Bertz CT molecular complexity index is 309. The van der Waals surface area contributed by atoms with Crippen LogP contribution in [0, 0.1) is 11.8 Å². The minimum atomic E-state index is -0.257. The molecule has 1 fully saturated rings. The summed E-state index contributed by atoms with van der Waals surface area (Å²) in [5.41, 5.74) is 0. The summed E-state index contributed by atoms with van der Waals surface area (Å²) in [6.45, 7) is 2.69. The topological polar surface area (TPSA) is 46.6 Å². The van der Waals surface area contributed by atoms with Crippen LogP contribution in [0.3, 0.4) is 0 Å². The smallest absolute Gasteiger partial charge is 0.307 e. The van der Waals surface area contributed by atoms with Gasteiger partial charge in [0.25, 0.3) is 0 Å². The molecule has 4 nitrogen and oxygen atoms in total. The van der Waals surface area contributed by atoms with Crippen LogP contribution in [-0.4, -0.2) is 37.5 Å². The van der Waals surface area contributed by atoms with Crippen molar-refractivity contribution in [3.63, 3.8) is 0 Å². The predicted molar refractivity (Wildman–Crippen MR) is 79.2 cm³/mol. The number of rotatable bonds is 7. The number of amides is 1. The highest BCUT2D eigenvalue weighted by atomic mass is 16.5. The van der Waals surface area contributed by atoms with Crippen molar-refractivity contribution < 1.29 is 14.3 Å². The van der Waals surface area contributed by atoms with Gasteiger partial charge >= 0.3 is 5.97 Å². The molecule has 0 N–H and O–H groups in total. The quantitative estimate of drug-likeness (QED) is 0.675. The van der Waals surface area contributed by atoms with E-state index in [1.54, 1.807) is 11.9 Å². The Morgan fingerprint density at radius 3 is 2.40 bits per heavy atom. The van der Waals surface area contributed by atoms with Gasteiger partial charge in [0.1, 0.15) is 0 Å². The van der Waals surface area contributed by atoms with E-state index in [2.05, 4.69) is 11.7 Å². The molecule has 0 spiro atoms. The van der Waals surface area contributed by atoms with Gasteiger partial charge in [-0.2, -0.15) is 0 Å². The third kappa shape index (κ3) is 5.51. The Morgan fingerprint density at radius 1 is 1.20 bits per heavy atom. The molecule has 116 valence electrons. The number of carbonyl (C=O) groups excluding carboxylic acids is 2. The summed E-state index contributed by atoms with van der Waals surface area (Å²) in [4.78, 5) is 25.1.